The molecule has 0 aliphatic heterocycles. The fourth-order valence-corrected chi connectivity index (χ4v) is 2.61. The molecule has 0 spiro atoms. The van der Waals surface area contributed by atoms with Crippen molar-refractivity contribution in [3.63, 3.8) is 0 Å². The lowest BCUT2D eigenvalue weighted by Gasteiger charge is -2.20. The second-order valence-electron chi connectivity index (χ2n) is 6.30. The van der Waals surface area contributed by atoms with Crippen LogP contribution < -0.4 is 10.6 Å². The summed E-state index contributed by atoms with van der Waals surface area (Å²) in [6, 6.07) is 12.3. The van der Waals surface area contributed by atoms with Gasteiger partial charge in [0.05, 0.1) is 5.69 Å². The molecule has 0 saturated carbocycles. The van der Waals surface area contributed by atoms with E-state index in [2.05, 4.69) is 33.2 Å². The topological polar surface area (TPSA) is 50.4 Å². The molecule has 1 amide bonds. The molecular formula is C18H20FIN2O2. The smallest absolute Gasteiger partial charge is 0.412 e. The second kappa shape index (κ2) is 7.83. The van der Waals surface area contributed by atoms with Crippen LogP contribution in [0.4, 0.5) is 20.6 Å². The molecule has 2 rings (SSSR count). The van der Waals surface area contributed by atoms with Crippen molar-refractivity contribution >= 4 is 40.1 Å². The molecule has 0 saturated heterocycles. The second-order valence-corrected chi connectivity index (χ2v) is 7.55. The van der Waals surface area contributed by atoms with Gasteiger partial charge in [-0.1, -0.05) is 12.1 Å². The van der Waals surface area contributed by atoms with E-state index in [1.165, 1.54) is 12.1 Å². The summed E-state index contributed by atoms with van der Waals surface area (Å²) >= 11 is 2.23. The molecule has 0 atom stereocenters. The van der Waals surface area contributed by atoms with Gasteiger partial charge in [0.15, 0.2) is 0 Å². The van der Waals surface area contributed by atoms with Crippen molar-refractivity contribution in [1.29, 1.82) is 0 Å². The van der Waals surface area contributed by atoms with Gasteiger partial charge in [-0.05, 0) is 79.3 Å². The van der Waals surface area contributed by atoms with Gasteiger partial charge in [-0.25, -0.2) is 9.18 Å². The number of hydrogen-bond donors (Lipinski definition) is 2. The maximum Gasteiger partial charge on any atom is 0.412 e. The van der Waals surface area contributed by atoms with Crippen LogP contribution in [0.25, 0.3) is 0 Å². The van der Waals surface area contributed by atoms with Crippen LogP contribution in [-0.2, 0) is 11.3 Å². The number of rotatable bonds is 4. The van der Waals surface area contributed by atoms with Crippen LogP contribution in [0.1, 0.15) is 26.3 Å². The molecular weight excluding hydrogens is 422 g/mol. The van der Waals surface area contributed by atoms with Gasteiger partial charge >= 0.3 is 6.09 Å². The third kappa shape index (κ3) is 5.99. The number of hydrogen-bond acceptors (Lipinski definition) is 3. The maximum atomic E-state index is 14.0. The number of benzene rings is 2. The van der Waals surface area contributed by atoms with E-state index >= 15 is 0 Å². The Kier molecular flexibility index (Phi) is 6.04. The molecule has 24 heavy (non-hydrogen) atoms. The first-order valence-electron chi connectivity index (χ1n) is 7.51. The monoisotopic (exact) mass is 442 g/mol. The van der Waals surface area contributed by atoms with E-state index in [0.717, 1.165) is 9.13 Å². The Morgan fingerprint density at radius 2 is 1.96 bits per heavy atom. The average Bonchev–Trinajstić information content (AvgIpc) is 2.46. The van der Waals surface area contributed by atoms with E-state index in [4.69, 9.17) is 4.74 Å². The van der Waals surface area contributed by atoms with Crippen LogP contribution in [0.15, 0.2) is 42.5 Å². The van der Waals surface area contributed by atoms with E-state index in [9.17, 15) is 9.18 Å². The van der Waals surface area contributed by atoms with Crippen molar-refractivity contribution in [2.75, 3.05) is 10.6 Å². The van der Waals surface area contributed by atoms with Crippen molar-refractivity contribution in [2.45, 2.75) is 32.9 Å². The fourth-order valence-electron chi connectivity index (χ4n) is 2.00. The molecule has 0 aliphatic carbocycles. The number of amides is 1. The Labute approximate surface area is 154 Å². The molecule has 0 heterocycles. The first-order chi connectivity index (χ1) is 11.2. The predicted octanol–water partition coefficient (Wildman–Crippen LogP) is 5.39. The molecule has 2 aromatic carbocycles. The third-order valence-corrected chi connectivity index (χ3v) is 3.65. The van der Waals surface area contributed by atoms with E-state index in [1.54, 1.807) is 26.8 Å². The van der Waals surface area contributed by atoms with Gasteiger partial charge in [-0.15, -0.1) is 0 Å². The zero-order valence-electron chi connectivity index (χ0n) is 13.8. The maximum absolute atomic E-state index is 14.0. The van der Waals surface area contributed by atoms with Gasteiger partial charge in [0.2, 0.25) is 0 Å². The van der Waals surface area contributed by atoms with Crippen molar-refractivity contribution in [3.8, 4) is 0 Å². The number of carbonyl (C=O) groups is 1. The van der Waals surface area contributed by atoms with Crippen LogP contribution >= 0.6 is 22.6 Å². The minimum atomic E-state index is -0.588. The van der Waals surface area contributed by atoms with E-state index in [1.807, 2.05) is 24.3 Å². The van der Waals surface area contributed by atoms with Crippen LogP contribution in [-0.4, -0.2) is 11.7 Å². The quantitative estimate of drug-likeness (QED) is 0.625. The van der Waals surface area contributed by atoms with E-state index in [0.29, 0.717) is 17.9 Å². The highest BCUT2D eigenvalue weighted by Crippen LogP contribution is 2.21. The van der Waals surface area contributed by atoms with Crippen LogP contribution in [0.2, 0.25) is 0 Å². The van der Waals surface area contributed by atoms with Gasteiger partial charge in [0.25, 0.3) is 0 Å². The number of carbonyl (C=O) groups excluding carboxylic acids is 1. The molecule has 2 aromatic rings. The Balaban J connectivity index is 2.04. The van der Waals surface area contributed by atoms with Crippen LogP contribution in [0, 0.1) is 9.39 Å². The standard InChI is InChI=1S/C18H20FIN2O2/c1-18(2,3)24-17(23)22-14-7-8-15(19)16(10-14)21-11-12-5-4-6-13(20)9-12/h4-10,21H,11H2,1-3H3,(H,22,23). The van der Waals surface area contributed by atoms with Crippen molar-refractivity contribution in [2.24, 2.45) is 0 Å². The SMILES string of the molecule is CC(C)(C)OC(=O)Nc1ccc(F)c(NCc2cccc(I)c2)c1. The molecule has 4 nitrogen and oxygen atoms in total. The lowest BCUT2D eigenvalue weighted by molar-refractivity contribution is 0.0636. The number of halogens is 2. The van der Waals surface area contributed by atoms with Crippen molar-refractivity contribution < 1.29 is 13.9 Å². The zero-order chi connectivity index (χ0) is 17.7. The number of nitrogens with one attached hydrogen (secondary N) is 2. The van der Waals surface area contributed by atoms with Gasteiger partial charge in [0, 0.05) is 15.8 Å². The van der Waals surface area contributed by atoms with E-state index < -0.39 is 11.7 Å². The highest BCUT2D eigenvalue weighted by atomic mass is 127. The first-order valence-corrected chi connectivity index (χ1v) is 8.59. The summed E-state index contributed by atoms with van der Waals surface area (Å²) in [5.41, 5.74) is 1.25. The molecule has 2 N–H and O–H groups in total. The Morgan fingerprint density at radius 3 is 2.62 bits per heavy atom. The normalized spacial score (nSPS) is 11.0. The molecule has 0 aromatic heterocycles. The summed E-state index contributed by atoms with van der Waals surface area (Å²) in [7, 11) is 0. The highest BCUT2D eigenvalue weighted by molar-refractivity contribution is 14.1. The molecule has 0 unspecified atom stereocenters. The van der Waals surface area contributed by atoms with Gasteiger partial charge < -0.3 is 10.1 Å². The Hall–Kier alpha value is -1.83. The summed E-state index contributed by atoms with van der Waals surface area (Å²) < 4.78 is 20.3. The van der Waals surface area contributed by atoms with Gasteiger partial charge in [-0.2, -0.15) is 0 Å². The van der Waals surface area contributed by atoms with Gasteiger partial charge in [0.1, 0.15) is 11.4 Å². The molecule has 128 valence electrons. The van der Waals surface area contributed by atoms with Crippen molar-refractivity contribution in [1.82, 2.24) is 0 Å². The molecule has 0 fully saturated rings. The fraction of sp³-hybridized carbons (Fsp3) is 0.278. The molecule has 0 bridgehead atoms. The zero-order valence-corrected chi connectivity index (χ0v) is 16.0. The lowest BCUT2D eigenvalue weighted by atomic mass is 10.2. The predicted molar refractivity (Wildman–Crippen MR) is 103 cm³/mol. The summed E-state index contributed by atoms with van der Waals surface area (Å²) in [5.74, 6) is -0.379. The van der Waals surface area contributed by atoms with Crippen molar-refractivity contribution in [3.05, 3.63) is 57.4 Å². The van der Waals surface area contributed by atoms with Crippen LogP contribution in [0.3, 0.4) is 0 Å². The van der Waals surface area contributed by atoms with Gasteiger partial charge in [-0.3, -0.25) is 5.32 Å². The molecule has 0 radical (unpaired) electrons. The Bertz CT molecular complexity index is 729. The summed E-state index contributed by atoms with van der Waals surface area (Å²) in [4.78, 5) is 11.8. The minimum absolute atomic E-state index is 0.322. The Morgan fingerprint density at radius 1 is 1.21 bits per heavy atom. The largest absolute Gasteiger partial charge is 0.444 e. The number of anilines is 2. The summed E-state index contributed by atoms with van der Waals surface area (Å²) in [5, 5.41) is 5.65. The average molecular weight is 442 g/mol. The van der Waals surface area contributed by atoms with E-state index in [-0.39, 0.29) is 5.82 Å². The highest BCUT2D eigenvalue weighted by Gasteiger charge is 2.16. The lowest BCUT2D eigenvalue weighted by Crippen LogP contribution is -2.27. The minimum Gasteiger partial charge on any atom is -0.444 e. The third-order valence-electron chi connectivity index (χ3n) is 2.98. The van der Waals surface area contributed by atoms with Crippen LogP contribution in [0.5, 0.6) is 0 Å². The molecule has 6 heteroatoms. The molecule has 0 aliphatic rings. The first kappa shape index (κ1) is 18.5. The summed E-state index contributed by atoms with van der Waals surface area (Å²) in [6.45, 7) is 5.84. The summed E-state index contributed by atoms with van der Waals surface area (Å²) in [6.07, 6.45) is -0.572. The number of ether oxygens (including phenoxy) is 1.